The molecule has 4 heterocycles. The fraction of sp³-hybridized carbons (Fsp3) is 0.179. The molecule has 39 heavy (non-hydrogen) atoms. The van der Waals surface area contributed by atoms with Crippen LogP contribution in [0.5, 0.6) is 0 Å². The first-order chi connectivity index (χ1) is 18.9. The van der Waals surface area contributed by atoms with Gasteiger partial charge in [0.05, 0.1) is 24.3 Å². The largest absolute Gasteiger partial charge is 0.336 e. The first-order valence-electron chi connectivity index (χ1n) is 12.2. The summed E-state index contributed by atoms with van der Waals surface area (Å²) in [6, 6.07) is 11.2. The van der Waals surface area contributed by atoms with Gasteiger partial charge in [0.15, 0.2) is 0 Å². The van der Waals surface area contributed by atoms with Gasteiger partial charge in [0.25, 0.3) is 5.91 Å². The zero-order chi connectivity index (χ0) is 27.1. The summed E-state index contributed by atoms with van der Waals surface area (Å²) in [7, 11) is 1.71. The summed E-state index contributed by atoms with van der Waals surface area (Å²) in [5.41, 5.74) is 3.94. The highest BCUT2D eigenvalue weighted by Gasteiger charge is 2.31. The normalized spacial score (nSPS) is 13.6. The second-order valence-corrected chi connectivity index (χ2v) is 9.44. The van der Waals surface area contributed by atoms with Crippen LogP contribution < -0.4 is 0 Å². The first kappa shape index (κ1) is 24.5. The number of pyridine rings is 1. The Bertz CT molecular complexity index is 1670. The minimum absolute atomic E-state index is 0.150. The van der Waals surface area contributed by atoms with Crippen molar-refractivity contribution in [3.63, 3.8) is 0 Å². The van der Waals surface area contributed by atoms with Crippen LogP contribution in [-0.4, -0.2) is 47.4 Å². The molecule has 1 amide bonds. The van der Waals surface area contributed by atoms with Gasteiger partial charge in [0, 0.05) is 54.7 Å². The van der Waals surface area contributed by atoms with Crippen LogP contribution in [-0.2, 0) is 19.6 Å². The maximum Gasteiger partial charge on any atom is 0.256 e. The molecule has 0 radical (unpaired) electrons. The van der Waals surface area contributed by atoms with Crippen molar-refractivity contribution in [3.05, 3.63) is 108 Å². The fourth-order valence-corrected chi connectivity index (χ4v) is 4.97. The Labute approximate surface area is 221 Å². The van der Waals surface area contributed by atoms with E-state index >= 15 is 0 Å². The van der Waals surface area contributed by atoms with E-state index in [1.54, 1.807) is 51.9 Å². The highest BCUT2D eigenvalue weighted by atomic mass is 19.1. The van der Waals surface area contributed by atoms with E-state index in [9.17, 15) is 18.0 Å². The quantitative estimate of drug-likeness (QED) is 0.306. The van der Waals surface area contributed by atoms with Crippen LogP contribution in [0.25, 0.3) is 22.4 Å². The van der Waals surface area contributed by atoms with E-state index in [0.717, 1.165) is 6.07 Å². The van der Waals surface area contributed by atoms with E-state index in [1.807, 2.05) is 0 Å². The molecule has 0 aliphatic carbocycles. The lowest BCUT2D eigenvalue weighted by atomic mass is 9.97. The Morgan fingerprint density at radius 1 is 0.949 bits per heavy atom. The van der Waals surface area contributed by atoms with Crippen LogP contribution in [0.4, 0.5) is 13.2 Å². The Morgan fingerprint density at radius 3 is 2.46 bits per heavy atom. The van der Waals surface area contributed by atoms with E-state index in [-0.39, 0.29) is 24.8 Å². The predicted molar refractivity (Wildman–Crippen MR) is 136 cm³/mol. The Kier molecular flexibility index (Phi) is 6.18. The minimum atomic E-state index is -0.674. The van der Waals surface area contributed by atoms with Gasteiger partial charge in [-0.25, -0.2) is 18.2 Å². The van der Waals surface area contributed by atoms with Crippen LogP contribution in [0.15, 0.2) is 73.6 Å². The zero-order valence-electron chi connectivity index (χ0n) is 20.8. The standard InChI is InChI=1S/C28H22F3N7O/c1-36-14-25-26(28(36)39)22(8-9-33-25)23-13-37(35-27(23)17-2-4-19(29)5-3-17)11-18(12-38-16-32-15-34-38)21-7-6-20(30)10-24(21)31/h2-10,13,15-16,18H,11-12,14H2,1H3. The van der Waals surface area contributed by atoms with Gasteiger partial charge >= 0.3 is 0 Å². The topological polar surface area (TPSA) is 81.7 Å². The Balaban J connectivity index is 1.47. The van der Waals surface area contributed by atoms with Crippen molar-refractivity contribution in [1.29, 1.82) is 0 Å². The molecular formula is C28H22F3N7O. The van der Waals surface area contributed by atoms with Gasteiger partial charge in [0.2, 0.25) is 0 Å². The molecule has 2 aromatic carbocycles. The lowest BCUT2D eigenvalue weighted by Gasteiger charge is -2.18. The fourth-order valence-electron chi connectivity index (χ4n) is 4.97. The summed E-state index contributed by atoms with van der Waals surface area (Å²) in [4.78, 5) is 23.0. The number of fused-ring (bicyclic) bond motifs is 1. The molecule has 3 aromatic heterocycles. The number of rotatable bonds is 7. The third-order valence-corrected chi connectivity index (χ3v) is 6.83. The molecule has 1 atom stereocenters. The molecule has 1 unspecified atom stereocenters. The van der Waals surface area contributed by atoms with Crippen molar-refractivity contribution in [1.82, 2.24) is 34.4 Å². The van der Waals surface area contributed by atoms with E-state index in [2.05, 4.69) is 15.1 Å². The number of halogens is 3. The number of amides is 1. The number of benzene rings is 2. The number of carbonyl (C=O) groups is 1. The molecule has 11 heteroatoms. The molecule has 1 aliphatic rings. The SMILES string of the molecule is CN1Cc2nccc(-c3cn(CC(Cn4cncn4)c4ccc(F)cc4F)nc3-c3ccc(F)cc3)c2C1=O. The second-order valence-electron chi connectivity index (χ2n) is 9.44. The molecule has 196 valence electrons. The van der Waals surface area contributed by atoms with Crippen molar-refractivity contribution in [2.24, 2.45) is 0 Å². The Morgan fingerprint density at radius 2 is 1.72 bits per heavy atom. The van der Waals surface area contributed by atoms with Crippen molar-refractivity contribution >= 4 is 5.91 Å². The van der Waals surface area contributed by atoms with Gasteiger partial charge in [-0.2, -0.15) is 10.2 Å². The summed E-state index contributed by atoms with van der Waals surface area (Å²) in [5, 5.41) is 8.95. The van der Waals surface area contributed by atoms with Crippen LogP contribution in [0.2, 0.25) is 0 Å². The van der Waals surface area contributed by atoms with Gasteiger partial charge < -0.3 is 4.90 Å². The molecule has 6 rings (SSSR count). The molecule has 0 bridgehead atoms. The van der Waals surface area contributed by atoms with Crippen molar-refractivity contribution in [2.75, 3.05) is 7.05 Å². The van der Waals surface area contributed by atoms with Crippen LogP contribution >= 0.6 is 0 Å². The van der Waals surface area contributed by atoms with Crippen molar-refractivity contribution in [3.8, 4) is 22.4 Å². The van der Waals surface area contributed by atoms with Gasteiger partial charge in [-0.3, -0.25) is 19.1 Å². The van der Waals surface area contributed by atoms with E-state index in [0.29, 0.717) is 45.7 Å². The summed E-state index contributed by atoms with van der Waals surface area (Å²) in [6.07, 6.45) is 6.34. The number of carbonyl (C=O) groups excluding carboxylic acids is 1. The highest BCUT2D eigenvalue weighted by Crippen LogP contribution is 2.37. The van der Waals surface area contributed by atoms with E-state index in [4.69, 9.17) is 5.10 Å². The molecule has 5 aromatic rings. The van der Waals surface area contributed by atoms with Crippen molar-refractivity contribution in [2.45, 2.75) is 25.6 Å². The molecule has 0 N–H and O–H groups in total. The van der Waals surface area contributed by atoms with Gasteiger partial charge in [-0.1, -0.05) is 6.07 Å². The number of aromatic nitrogens is 6. The second kappa shape index (κ2) is 9.82. The zero-order valence-corrected chi connectivity index (χ0v) is 20.8. The predicted octanol–water partition coefficient (Wildman–Crippen LogP) is 4.69. The molecular weight excluding hydrogens is 507 g/mol. The van der Waals surface area contributed by atoms with Gasteiger partial charge in [-0.05, 0) is 42.0 Å². The third-order valence-electron chi connectivity index (χ3n) is 6.83. The van der Waals surface area contributed by atoms with E-state index < -0.39 is 17.6 Å². The Hall–Kier alpha value is -4.80. The van der Waals surface area contributed by atoms with E-state index in [1.165, 1.54) is 36.9 Å². The average Bonchev–Trinajstić information content (AvgIpc) is 3.64. The number of hydrogen-bond acceptors (Lipinski definition) is 5. The molecule has 0 spiro atoms. The molecule has 0 saturated carbocycles. The summed E-state index contributed by atoms with van der Waals surface area (Å²) < 4.78 is 45.6. The monoisotopic (exact) mass is 529 g/mol. The highest BCUT2D eigenvalue weighted by molar-refractivity contribution is 6.05. The van der Waals surface area contributed by atoms with Crippen LogP contribution in [0.3, 0.4) is 0 Å². The summed E-state index contributed by atoms with van der Waals surface area (Å²) in [5.74, 6) is -2.37. The maximum absolute atomic E-state index is 14.9. The van der Waals surface area contributed by atoms with Crippen LogP contribution in [0, 0.1) is 17.5 Å². The van der Waals surface area contributed by atoms with Crippen LogP contribution in [0.1, 0.15) is 27.5 Å². The summed E-state index contributed by atoms with van der Waals surface area (Å²) >= 11 is 0. The molecule has 0 saturated heterocycles. The first-order valence-corrected chi connectivity index (χ1v) is 12.2. The molecule has 1 aliphatic heterocycles. The smallest absolute Gasteiger partial charge is 0.256 e. The lowest BCUT2D eigenvalue weighted by Crippen LogP contribution is -2.18. The average molecular weight is 530 g/mol. The number of hydrogen-bond donors (Lipinski definition) is 0. The van der Waals surface area contributed by atoms with Gasteiger partial charge in [-0.15, -0.1) is 0 Å². The lowest BCUT2D eigenvalue weighted by molar-refractivity contribution is 0.0817. The van der Waals surface area contributed by atoms with Crippen molar-refractivity contribution < 1.29 is 18.0 Å². The number of nitrogens with zero attached hydrogens (tertiary/aromatic N) is 7. The van der Waals surface area contributed by atoms with Gasteiger partial charge in [0.1, 0.15) is 35.8 Å². The third kappa shape index (κ3) is 4.67. The minimum Gasteiger partial charge on any atom is -0.336 e. The maximum atomic E-state index is 14.9. The molecule has 0 fully saturated rings. The molecule has 8 nitrogen and oxygen atoms in total. The summed E-state index contributed by atoms with van der Waals surface area (Å²) in [6.45, 7) is 0.862.